The molecule has 0 amide bonds. The Kier molecular flexibility index (Phi) is 8.24. The van der Waals surface area contributed by atoms with Crippen LogP contribution in [0, 0.1) is 11.8 Å². The Hall–Kier alpha value is -2.41. The van der Waals surface area contributed by atoms with Gasteiger partial charge in [-0.15, -0.1) is 0 Å². The van der Waals surface area contributed by atoms with Gasteiger partial charge in [0.1, 0.15) is 17.1 Å². The van der Waals surface area contributed by atoms with Gasteiger partial charge in [-0.3, -0.25) is 14.4 Å². The van der Waals surface area contributed by atoms with E-state index in [0.717, 1.165) is 18.8 Å². The fourth-order valence-electron chi connectivity index (χ4n) is 4.64. The fraction of sp³-hybridized carbons (Fsp3) is 0.667. The number of hydrogen-bond acceptors (Lipinski definition) is 7. The van der Waals surface area contributed by atoms with Gasteiger partial charge in [-0.1, -0.05) is 12.1 Å². The maximum absolute atomic E-state index is 13.4. The smallest absolute Gasteiger partial charge is 0.317 e. The normalized spacial score (nSPS) is 25.6. The average Bonchev–Trinajstić information content (AvgIpc) is 2.65. The van der Waals surface area contributed by atoms with Crippen LogP contribution in [0.15, 0.2) is 24.3 Å². The van der Waals surface area contributed by atoms with Crippen LogP contribution in [-0.4, -0.2) is 52.7 Å². The topological polar surface area (TPSA) is 93.1 Å². The molecule has 190 valence electrons. The molecular formula is C27H41NO6. The quantitative estimate of drug-likeness (QED) is 0.485. The first-order valence-electron chi connectivity index (χ1n) is 12.1. The van der Waals surface area contributed by atoms with Gasteiger partial charge in [0.15, 0.2) is 5.78 Å². The van der Waals surface area contributed by atoms with E-state index in [1.807, 2.05) is 24.3 Å². The summed E-state index contributed by atoms with van der Waals surface area (Å²) in [4.78, 5) is 42.0. The lowest BCUT2D eigenvalue weighted by atomic mass is 9.61. The van der Waals surface area contributed by atoms with Crippen molar-refractivity contribution in [3.05, 3.63) is 29.8 Å². The number of aliphatic hydroxyl groups is 1. The third-order valence-electron chi connectivity index (χ3n) is 6.00. The molecule has 1 fully saturated rings. The first-order chi connectivity index (χ1) is 15.5. The number of nitrogens with zero attached hydrogens (tertiary/aromatic N) is 1. The van der Waals surface area contributed by atoms with Crippen molar-refractivity contribution in [1.82, 2.24) is 0 Å². The van der Waals surface area contributed by atoms with Gasteiger partial charge in [0.05, 0.1) is 11.5 Å². The Morgan fingerprint density at radius 3 is 1.88 bits per heavy atom. The minimum Gasteiger partial charge on any atom is -0.460 e. The van der Waals surface area contributed by atoms with E-state index in [-0.39, 0.29) is 6.42 Å². The van der Waals surface area contributed by atoms with Crippen LogP contribution < -0.4 is 4.90 Å². The Bertz CT molecular complexity index is 887. The molecule has 1 N–H and O–H groups in total. The summed E-state index contributed by atoms with van der Waals surface area (Å²) in [6.07, 6.45) is -0.338. The highest BCUT2D eigenvalue weighted by atomic mass is 16.6. The third kappa shape index (κ3) is 6.59. The van der Waals surface area contributed by atoms with Crippen LogP contribution in [0.3, 0.4) is 0 Å². The third-order valence-corrected chi connectivity index (χ3v) is 6.00. The number of hydrogen-bond donors (Lipinski definition) is 1. The van der Waals surface area contributed by atoms with Crippen molar-refractivity contribution in [3.8, 4) is 0 Å². The summed E-state index contributed by atoms with van der Waals surface area (Å²) in [6.45, 7) is 17.7. The van der Waals surface area contributed by atoms with Crippen molar-refractivity contribution in [2.45, 2.75) is 91.5 Å². The molecule has 1 aliphatic carbocycles. The summed E-state index contributed by atoms with van der Waals surface area (Å²) >= 11 is 0. The van der Waals surface area contributed by atoms with Crippen molar-refractivity contribution < 1.29 is 29.0 Å². The highest BCUT2D eigenvalue weighted by molar-refractivity contribution is 6.03. The highest BCUT2D eigenvalue weighted by Gasteiger charge is 2.57. The largest absolute Gasteiger partial charge is 0.460 e. The number of Topliss-reactive ketones (excluding diaryl/α,β-unsaturated/α-hetero) is 1. The Morgan fingerprint density at radius 2 is 1.44 bits per heavy atom. The molecule has 0 radical (unpaired) electrons. The zero-order valence-electron chi connectivity index (χ0n) is 22.1. The van der Waals surface area contributed by atoms with E-state index in [0.29, 0.717) is 5.56 Å². The van der Waals surface area contributed by atoms with E-state index >= 15 is 0 Å². The van der Waals surface area contributed by atoms with Gasteiger partial charge in [-0.05, 0) is 80.0 Å². The number of benzene rings is 1. The molecule has 0 aliphatic heterocycles. The molecule has 1 aliphatic rings. The summed E-state index contributed by atoms with van der Waals surface area (Å²) in [6, 6.07) is 7.46. The van der Waals surface area contributed by atoms with E-state index in [1.54, 1.807) is 41.5 Å². The van der Waals surface area contributed by atoms with Crippen LogP contribution in [0.4, 0.5) is 5.69 Å². The number of rotatable bonds is 6. The molecule has 1 saturated carbocycles. The Balaban J connectivity index is 2.64. The predicted octanol–water partition coefficient (Wildman–Crippen LogP) is 4.26. The van der Waals surface area contributed by atoms with Crippen LogP contribution in [0.2, 0.25) is 0 Å². The molecule has 0 aromatic heterocycles. The molecule has 0 unspecified atom stereocenters. The van der Waals surface area contributed by atoms with Gasteiger partial charge in [0.25, 0.3) is 0 Å². The van der Waals surface area contributed by atoms with E-state index in [9.17, 15) is 19.5 Å². The minimum absolute atomic E-state index is 0.338. The van der Waals surface area contributed by atoms with Crippen molar-refractivity contribution in [1.29, 1.82) is 0 Å². The number of ketones is 1. The first-order valence-corrected chi connectivity index (χ1v) is 12.1. The molecule has 1 aromatic carbocycles. The Labute approximate surface area is 203 Å². The number of ether oxygens (including phenoxy) is 2. The Morgan fingerprint density at radius 1 is 0.971 bits per heavy atom. The molecule has 0 spiro atoms. The summed E-state index contributed by atoms with van der Waals surface area (Å²) < 4.78 is 11.2. The van der Waals surface area contributed by atoms with Crippen molar-refractivity contribution in [3.63, 3.8) is 0 Å². The maximum Gasteiger partial charge on any atom is 0.317 e. The van der Waals surface area contributed by atoms with Gasteiger partial charge in [-0.2, -0.15) is 0 Å². The van der Waals surface area contributed by atoms with Gasteiger partial charge >= 0.3 is 11.9 Å². The molecule has 1 aromatic rings. The van der Waals surface area contributed by atoms with E-state index in [2.05, 4.69) is 18.7 Å². The van der Waals surface area contributed by atoms with Crippen molar-refractivity contribution in [2.75, 3.05) is 18.0 Å². The second-order valence-corrected chi connectivity index (χ2v) is 11.3. The summed E-state index contributed by atoms with van der Waals surface area (Å²) in [5, 5.41) is 11.3. The highest BCUT2D eigenvalue weighted by Crippen LogP contribution is 2.47. The molecular weight excluding hydrogens is 434 g/mol. The van der Waals surface area contributed by atoms with Crippen molar-refractivity contribution in [2.24, 2.45) is 11.8 Å². The SMILES string of the molecule is CCN(CC)c1ccc([C@@H]2[C@H](C(=O)OC(C)(C)C)C(=O)C[C@](C)(O)[C@@H]2C(=O)OC(C)(C)C)cc1. The van der Waals surface area contributed by atoms with Crippen LogP contribution in [-0.2, 0) is 23.9 Å². The number of anilines is 1. The van der Waals surface area contributed by atoms with Gasteiger partial charge in [0, 0.05) is 31.1 Å². The van der Waals surface area contributed by atoms with Crippen LogP contribution in [0.1, 0.15) is 80.2 Å². The monoisotopic (exact) mass is 475 g/mol. The maximum atomic E-state index is 13.4. The zero-order chi connectivity index (χ0) is 26.1. The molecule has 7 heteroatoms. The molecule has 0 heterocycles. The zero-order valence-corrected chi connectivity index (χ0v) is 22.1. The number of carbonyl (C=O) groups is 3. The van der Waals surface area contributed by atoms with Gasteiger partial charge < -0.3 is 19.5 Å². The van der Waals surface area contributed by atoms with Gasteiger partial charge in [-0.25, -0.2) is 0 Å². The molecule has 0 bridgehead atoms. The van der Waals surface area contributed by atoms with E-state index < -0.39 is 52.3 Å². The number of carbonyl (C=O) groups excluding carboxylic acids is 3. The number of esters is 2. The lowest BCUT2D eigenvalue weighted by Crippen LogP contribution is -2.56. The van der Waals surface area contributed by atoms with Crippen LogP contribution in [0.25, 0.3) is 0 Å². The average molecular weight is 476 g/mol. The molecule has 2 rings (SSSR count). The summed E-state index contributed by atoms with van der Waals surface area (Å²) in [5.74, 6) is -5.06. The lowest BCUT2D eigenvalue weighted by molar-refractivity contribution is -0.182. The van der Waals surface area contributed by atoms with Crippen LogP contribution in [0.5, 0.6) is 0 Å². The fourth-order valence-corrected chi connectivity index (χ4v) is 4.64. The van der Waals surface area contributed by atoms with E-state index in [1.165, 1.54) is 6.92 Å². The van der Waals surface area contributed by atoms with Gasteiger partial charge in [0.2, 0.25) is 0 Å². The minimum atomic E-state index is -1.68. The first kappa shape index (κ1) is 27.8. The van der Waals surface area contributed by atoms with Crippen molar-refractivity contribution >= 4 is 23.4 Å². The lowest BCUT2D eigenvalue weighted by Gasteiger charge is -2.44. The second-order valence-electron chi connectivity index (χ2n) is 11.3. The van der Waals surface area contributed by atoms with Crippen LogP contribution >= 0.6 is 0 Å². The van der Waals surface area contributed by atoms with E-state index in [4.69, 9.17) is 9.47 Å². The second kappa shape index (κ2) is 10.1. The molecule has 0 saturated heterocycles. The summed E-state index contributed by atoms with van der Waals surface area (Å²) in [7, 11) is 0. The standard InChI is InChI=1S/C27H41NO6/c1-10-28(11-2)18-14-12-17(13-15-18)20-21(23(30)33-25(3,4)5)19(29)16-27(9,32)22(20)24(31)34-26(6,7)8/h12-15,20-22,32H,10-11,16H2,1-9H3/t20-,21-,22+,27+/m1/s1. The summed E-state index contributed by atoms with van der Waals surface area (Å²) in [5.41, 5.74) is -1.69. The predicted molar refractivity (Wildman–Crippen MR) is 132 cm³/mol. The molecule has 4 atom stereocenters. The molecule has 34 heavy (non-hydrogen) atoms. The molecule has 7 nitrogen and oxygen atoms in total.